The number of para-hydroxylation sites is 1. The number of rotatable bonds is 5. The summed E-state index contributed by atoms with van der Waals surface area (Å²) in [6.07, 6.45) is 1.38. The first-order valence-electron chi connectivity index (χ1n) is 8.00. The van der Waals surface area contributed by atoms with Crippen LogP contribution in [0.3, 0.4) is 0 Å². The average Bonchev–Trinajstić information content (AvgIpc) is 3.23. The van der Waals surface area contributed by atoms with Gasteiger partial charge in [-0.1, -0.05) is 18.2 Å². The van der Waals surface area contributed by atoms with E-state index in [-0.39, 0.29) is 28.8 Å². The first kappa shape index (κ1) is 18.5. The molecule has 3 aromatic rings. The van der Waals surface area contributed by atoms with Crippen LogP contribution in [0.1, 0.15) is 21.7 Å². The molecule has 0 radical (unpaired) electrons. The highest BCUT2D eigenvalue weighted by Gasteiger charge is 2.19. The third kappa shape index (κ3) is 4.10. The molecular weight excluding hydrogens is 364 g/mol. The highest BCUT2D eigenvalue weighted by Crippen LogP contribution is 2.20. The molecule has 0 bridgehead atoms. The van der Waals surface area contributed by atoms with E-state index in [1.165, 1.54) is 42.7 Å². The number of furan rings is 1. The second-order valence-corrected chi connectivity index (χ2v) is 5.55. The van der Waals surface area contributed by atoms with E-state index in [0.29, 0.717) is 11.3 Å². The van der Waals surface area contributed by atoms with Crippen LogP contribution in [-0.2, 0) is 4.74 Å². The van der Waals surface area contributed by atoms with Crippen molar-refractivity contribution in [2.24, 2.45) is 0 Å². The molecule has 0 aliphatic heterocycles. The smallest absolute Gasteiger partial charge is 0.282 e. The number of hydrogen-bond acceptors (Lipinski definition) is 7. The van der Waals surface area contributed by atoms with Crippen molar-refractivity contribution in [2.75, 3.05) is 5.32 Å². The molecule has 0 saturated heterocycles. The first-order valence-corrected chi connectivity index (χ1v) is 8.00. The molecule has 9 nitrogen and oxygen atoms in total. The normalized spacial score (nSPS) is 10.1. The van der Waals surface area contributed by atoms with Crippen LogP contribution in [0.15, 0.2) is 71.3 Å². The molecule has 140 valence electrons. The van der Waals surface area contributed by atoms with Gasteiger partial charge in [-0.15, -0.1) is 0 Å². The average molecular weight is 378 g/mol. The molecule has 9 heteroatoms. The van der Waals surface area contributed by atoms with E-state index in [1.54, 1.807) is 24.3 Å². The summed E-state index contributed by atoms with van der Waals surface area (Å²) in [6, 6.07) is 14.9. The van der Waals surface area contributed by atoms with Crippen LogP contribution in [0, 0.1) is 20.9 Å². The molecule has 0 saturated carbocycles. The highest BCUT2D eigenvalue weighted by atomic mass is 16.6. The number of benzene rings is 2. The Morgan fingerprint density at radius 2 is 1.82 bits per heavy atom. The van der Waals surface area contributed by atoms with Crippen LogP contribution >= 0.6 is 0 Å². The van der Waals surface area contributed by atoms with Gasteiger partial charge in [-0.25, -0.2) is 0 Å². The molecule has 0 unspecified atom stereocenters. The van der Waals surface area contributed by atoms with Crippen molar-refractivity contribution >= 4 is 29.1 Å². The van der Waals surface area contributed by atoms with Gasteiger partial charge < -0.3 is 14.5 Å². The lowest BCUT2D eigenvalue weighted by atomic mass is 10.1. The summed E-state index contributed by atoms with van der Waals surface area (Å²) in [5.74, 6) is -1.13. The summed E-state index contributed by atoms with van der Waals surface area (Å²) in [5, 5.41) is 29.4. The molecular formula is C19H14N4O5. The fourth-order valence-electron chi connectivity index (χ4n) is 2.38. The van der Waals surface area contributed by atoms with E-state index in [9.17, 15) is 14.9 Å². The van der Waals surface area contributed by atoms with Gasteiger partial charge in [0.2, 0.25) is 5.90 Å². The van der Waals surface area contributed by atoms with Gasteiger partial charge in [0.25, 0.3) is 17.5 Å². The Balaban J connectivity index is 1.75. The number of carbonyl (C=O) groups excluding carboxylic acids is 1. The molecule has 3 N–H and O–H groups in total. The van der Waals surface area contributed by atoms with Gasteiger partial charge in [-0.05, 0) is 36.4 Å². The molecule has 2 aromatic carbocycles. The number of hydrogen-bond donors (Lipinski definition) is 3. The summed E-state index contributed by atoms with van der Waals surface area (Å²) in [4.78, 5) is 22.9. The van der Waals surface area contributed by atoms with Gasteiger partial charge in [0, 0.05) is 17.3 Å². The number of amides is 1. The third-order valence-electron chi connectivity index (χ3n) is 3.68. The van der Waals surface area contributed by atoms with Gasteiger partial charge in [-0.2, -0.15) is 0 Å². The predicted molar refractivity (Wildman–Crippen MR) is 101 cm³/mol. The van der Waals surface area contributed by atoms with Crippen molar-refractivity contribution < 1.29 is 18.9 Å². The Morgan fingerprint density at radius 1 is 1.04 bits per heavy atom. The molecule has 3 rings (SSSR count). The largest absolute Gasteiger partial charge is 0.459 e. The fourth-order valence-corrected chi connectivity index (χ4v) is 2.38. The van der Waals surface area contributed by atoms with Gasteiger partial charge >= 0.3 is 0 Å². The fraction of sp³-hybridized carbons (Fsp3) is 0. The molecule has 1 aromatic heterocycles. The lowest BCUT2D eigenvalue weighted by molar-refractivity contribution is -0.385. The van der Waals surface area contributed by atoms with Crippen LogP contribution < -0.4 is 5.32 Å². The van der Waals surface area contributed by atoms with Gasteiger partial charge in [-0.3, -0.25) is 25.7 Å². The van der Waals surface area contributed by atoms with E-state index in [2.05, 4.69) is 5.32 Å². The van der Waals surface area contributed by atoms with E-state index in [0.717, 1.165) is 0 Å². The topological polar surface area (TPSA) is 142 Å². The molecule has 28 heavy (non-hydrogen) atoms. The molecule has 1 heterocycles. The zero-order chi connectivity index (χ0) is 20.1. The standard InChI is InChI=1S/C19H14N4O5/c20-17(28-18(21)16-9-4-10-27-16)12-5-3-6-13(11-12)22-19(24)14-7-1-2-8-15(14)23(25)26/h1-11,20-21H,(H,22,24). The summed E-state index contributed by atoms with van der Waals surface area (Å²) in [5.41, 5.74) is 0.234. The number of nitrogens with one attached hydrogen (secondary N) is 3. The van der Waals surface area contributed by atoms with E-state index >= 15 is 0 Å². The SMILES string of the molecule is N=C(OC(=N)c1ccco1)c1cccc(NC(=O)c2ccccc2[N+](=O)[O-])c1. The van der Waals surface area contributed by atoms with Crippen molar-refractivity contribution in [3.05, 3.63) is 93.9 Å². The maximum absolute atomic E-state index is 12.4. The number of nitrogens with zero attached hydrogens (tertiary/aromatic N) is 1. The minimum absolute atomic E-state index is 0.0798. The Hall–Kier alpha value is -4.27. The summed E-state index contributed by atoms with van der Waals surface area (Å²) < 4.78 is 10.2. The van der Waals surface area contributed by atoms with Crippen LogP contribution in [0.2, 0.25) is 0 Å². The minimum Gasteiger partial charge on any atom is -0.459 e. The second kappa shape index (κ2) is 7.96. The zero-order valence-corrected chi connectivity index (χ0v) is 14.3. The zero-order valence-electron chi connectivity index (χ0n) is 14.3. The molecule has 0 fully saturated rings. The lowest BCUT2D eigenvalue weighted by Gasteiger charge is -2.09. The first-order chi connectivity index (χ1) is 13.5. The number of carbonyl (C=O) groups is 1. The van der Waals surface area contributed by atoms with Crippen molar-refractivity contribution in [1.29, 1.82) is 10.8 Å². The van der Waals surface area contributed by atoms with Gasteiger partial charge in [0.15, 0.2) is 5.76 Å². The molecule has 0 spiro atoms. The number of anilines is 1. The van der Waals surface area contributed by atoms with E-state index in [1.807, 2.05) is 0 Å². The van der Waals surface area contributed by atoms with Gasteiger partial charge in [0.05, 0.1) is 11.2 Å². The second-order valence-electron chi connectivity index (χ2n) is 5.55. The Bertz CT molecular complexity index is 1060. The number of ether oxygens (including phenoxy) is 1. The van der Waals surface area contributed by atoms with Crippen molar-refractivity contribution in [2.45, 2.75) is 0 Å². The minimum atomic E-state index is -0.653. The molecule has 0 atom stereocenters. The number of nitro groups is 1. The monoisotopic (exact) mass is 378 g/mol. The van der Waals surface area contributed by atoms with E-state index < -0.39 is 10.8 Å². The highest BCUT2D eigenvalue weighted by molar-refractivity contribution is 6.08. The van der Waals surface area contributed by atoms with Crippen molar-refractivity contribution in [1.82, 2.24) is 0 Å². The Morgan fingerprint density at radius 3 is 2.54 bits per heavy atom. The van der Waals surface area contributed by atoms with Gasteiger partial charge in [0.1, 0.15) is 5.56 Å². The molecule has 1 amide bonds. The Labute approximate surface area is 158 Å². The quantitative estimate of drug-likeness (QED) is 0.268. The van der Waals surface area contributed by atoms with E-state index in [4.69, 9.17) is 20.0 Å². The van der Waals surface area contributed by atoms with Crippen LogP contribution in [0.5, 0.6) is 0 Å². The molecule has 0 aliphatic rings. The number of nitro benzene ring substituents is 1. The predicted octanol–water partition coefficient (Wildman–Crippen LogP) is 3.81. The van der Waals surface area contributed by atoms with Crippen LogP contribution in [-0.4, -0.2) is 22.6 Å². The van der Waals surface area contributed by atoms with Crippen molar-refractivity contribution in [3.63, 3.8) is 0 Å². The molecule has 0 aliphatic carbocycles. The maximum Gasteiger partial charge on any atom is 0.282 e. The Kier molecular flexibility index (Phi) is 5.26. The summed E-state index contributed by atoms with van der Waals surface area (Å²) >= 11 is 0. The summed E-state index contributed by atoms with van der Waals surface area (Å²) in [7, 11) is 0. The van der Waals surface area contributed by atoms with Crippen molar-refractivity contribution in [3.8, 4) is 0 Å². The van der Waals surface area contributed by atoms with Crippen LogP contribution in [0.4, 0.5) is 11.4 Å². The summed E-state index contributed by atoms with van der Waals surface area (Å²) in [6.45, 7) is 0. The van der Waals surface area contributed by atoms with Crippen LogP contribution in [0.25, 0.3) is 0 Å². The lowest BCUT2D eigenvalue weighted by Crippen LogP contribution is -2.15. The third-order valence-corrected chi connectivity index (χ3v) is 3.68. The maximum atomic E-state index is 12.4.